The largest absolute Gasteiger partial charge is 0.493 e. The molecule has 0 N–H and O–H groups in total. The lowest BCUT2D eigenvalue weighted by molar-refractivity contribution is 0.0990. The molecule has 3 aromatic rings. The van der Waals surface area contributed by atoms with E-state index in [1.54, 1.807) is 60.7 Å². The topological polar surface area (TPSA) is 52.6 Å². The zero-order valence-corrected chi connectivity index (χ0v) is 19.3. The van der Waals surface area contributed by atoms with Gasteiger partial charge in [0.25, 0.3) is 0 Å². The zero-order chi connectivity index (χ0) is 22.1. The first-order valence-corrected chi connectivity index (χ1v) is 10.8. The van der Waals surface area contributed by atoms with Crippen LogP contribution >= 0.6 is 39.1 Å². The van der Waals surface area contributed by atoms with Gasteiger partial charge in [0, 0.05) is 26.7 Å². The minimum Gasteiger partial charge on any atom is -0.493 e. The average molecular weight is 518 g/mol. The van der Waals surface area contributed by atoms with E-state index in [1.165, 1.54) is 7.11 Å². The molecule has 1 aliphatic rings. The molecule has 0 saturated heterocycles. The van der Waals surface area contributed by atoms with E-state index in [2.05, 4.69) is 15.9 Å². The van der Waals surface area contributed by atoms with Crippen LogP contribution in [0.5, 0.6) is 11.5 Å². The lowest BCUT2D eigenvalue weighted by atomic mass is 10.1. The second kappa shape index (κ2) is 8.87. The van der Waals surface area contributed by atoms with Crippen LogP contribution < -0.4 is 9.47 Å². The predicted molar refractivity (Wildman–Crippen MR) is 125 cm³/mol. The molecular formula is C24H15BrCl2O4. The Morgan fingerprint density at radius 2 is 1.65 bits per heavy atom. The van der Waals surface area contributed by atoms with Gasteiger partial charge in [-0.15, -0.1) is 0 Å². The highest BCUT2D eigenvalue weighted by Gasteiger charge is 2.32. The van der Waals surface area contributed by atoms with Crippen LogP contribution in [0.25, 0.3) is 6.08 Å². The molecule has 0 radical (unpaired) electrons. The third kappa shape index (κ3) is 4.26. The van der Waals surface area contributed by atoms with Crippen LogP contribution in [0.3, 0.4) is 0 Å². The number of allylic oxidation sites excluding steroid dienone is 1. The van der Waals surface area contributed by atoms with Crippen LogP contribution in [0.4, 0.5) is 0 Å². The van der Waals surface area contributed by atoms with Crippen LogP contribution in [-0.4, -0.2) is 18.7 Å². The molecule has 0 aliphatic heterocycles. The van der Waals surface area contributed by atoms with Gasteiger partial charge in [-0.25, -0.2) is 0 Å². The molecule has 7 heteroatoms. The molecule has 31 heavy (non-hydrogen) atoms. The standard InChI is InChI=1S/C24H15BrCl2O4/c1-30-21-10-13(8-18-22(28)16-4-2-3-5-17(16)23(18)29)9-19(25)24(21)31-12-14-6-7-15(26)11-20(14)27/h2-11H,12H2,1H3. The first-order valence-electron chi connectivity index (χ1n) is 9.23. The lowest BCUT2D eigenvalue weighted by Crippen LogP contribution is -2.02. The Morgan fingerprint density at radius 3 is 2.26 bits per heavy atom. The summed E-state index contributed by atoms with van der Waals surface area (Å²) in [7, 11) is 1.52. The number of carbonyl (C=O) groups is 2. The van der Waals surface area contributed by atoms with Gasteiger partial charge in [-0.2, -0.15) is 0 Å². The third-order valence-corrected chi connectivity index (χ3v) is 6.03. The van der Waals surface area contributed by atoms with Gasteiger partial charge in [-0.1, -0.05) is 53.5 Å². The quantitative estimate of drug-likeness (QED) is 0.275. The molecule has 3 aromatic carbocycles. The summed E-state index contributed by atoms with van der Waals surface area (Å²) in [4.78, 5) is 25.3. The van der Waals surface area contributed by atoms with Crippen molar-refractivity contribution >= 4 is 56.8 Å². The van der Waals surface area contributed by atoms with Gasteiger partial charge in [-0.05, 0) is 51.8 Å². The van der Waals surface area contributed by atoms with Crippen molar-refractivity contribution in [3.8, 4) is 11.5 Å². The highest BCUT2D eigenvalue weighted by Crippen LogP contribution is 2.39. The van der Waals surface area contributed by atoms with E-state index in [0.717, 1.165) is 5.56 Å². The Hall–Kier alpha value is -2.60. The Labute approximate surface area is 197 Å². The fraction of sp³-hybridized carbons (Fsp3) is 0.0833. The molecule has 0 spiro atoms. The number of Topliss-reactive ketones (excluding diaryl/α,β-unsaturated/α-hetero) is 2. The predicted octanol–water partition coefficient (Wildman–Crippen LogP) is 6.81. The molecule has 0 saturated carbocycles. The van der Waals surface area contributed by atoms with Crippen molar-refractivity contribution < 1.29 is 19.1 Å². The Bertz CT molecular complexity index is 1210. The number of rotatable bonds is 5. The second-order valence-electron chi connectivity index (χ2n) is 6.82. The highest BCUT2D eigenvalue weighted by atomic mass is 79.9. The number of fused-ring (bicyclic) bond motifs is 1. The molecule has 0 heterocycles. The maximum atomic E-state index is 12.7. The second-order valence-corrected chi connectivity index (χ2v) is 8.52. The van der Waals surface area contributed by atoms with Crippen molar-refractivity contribution in [1.82, 2.24) is 0 Å². The normalized spacial score (nSPS) is 12.7. The Balaban J connectivity index is 1.63. The van der Waals surface area contributed by atoms with Crippen molar-refractivity contribution in [1.29, 1.82) is 0 Å². The van der Waals surface area contributed by atoms with Crippen LogP contribution in [0.1, 0.15) is 31.8 Å². The summed E-state index contributed by atoms with van der Waals surface area (Å²) in [5.41, 5.74) is 2.36. The molecule has 4 rings (SSSR count). The SMILES string of the molecule is COc1cc(C=C2C(=O)c3ccccc3C2=O)cc(Br)c1OCc1ccc(Cl)cc1Cl. The van der Waals surface area contributed by atoms with Gasteiger partial charge < -0.3 is 9.47 Å². The molecule has 0 fully saturated rings. The van der Waals surface area contributed by atoms with Crippen molar-refractivity contribution in [2.45, 2.75) is 6.61 Å². The molecule has 0 atom stereocenters. The number of halogens is 3. The molecule has 1 aliphatic carbocycles. The molecule has 0 unspecified atom stereocenters. The fourth-order valence-electron chi connectivity index (χ4n) is 3.32. The summed E-state index contributed by atoms with van der Waals surface area (Å²) in [5, 5.41) is 1.05. The van der Waals surface area contributed by atoms with E-state index in [-0.39, 0.29) is 23.7 Å². The van der Waals surface area contributed by atoms with Gasteiger partial charge in [0.1, 0.15) is 6.61 Å². The maximum absolute atomic E-state index is 12.7. The molecule has 0 amide bonds. The third-order valence-electron chi connectivity index (χ3n) is 4.86. The Kier molecular flexibility index (Phi) is 6.19. The van der Waals surface area contributed by atoms with Gasteiger partial charge >= 0.3 is 0 Å². The number of hydrogen-bond donors (Lipinski definition) is 0. The summed E-state index contributed by atoms with van der Waals surface area (Å²) < 4.78 is 12.0. The van der Waals surface area contributed by atoms with Crippen molar-refractivity contribution in [2.75, 3.05) is 7.11 Å². The number of hydrogen-bond acceptors (Lipinski definition) is 4. The number of ketones is 2. The van der Waals surface area contributed by atoms with Crippen molar-refractivity contribution in [3.63, 3.8) is 0 Å². The smallest absolute Gasteiger partial charge is 0.197 e. The minimum atomic E-state index is -0.284. The van der Waals surface area contributed by atoms with Crippen LogP contribution in [0, 0.1) is 0 Å². The van der Waals surface area contributed by atoms with Crippen LogP contribution in [-0.2, 0) is 6.61 Å². The van der Waals surface area contributed by atoms with Crippen LogP contribution in [0.2, 0.25) is 10.0 Å². The van der Waals surface area contributed by atoms with E-state index in [4.69, 9.17) is 32.7 Å². The minimum absolute atomic E-state index is 0.122. The van der Waals surface area contributed by atoms with E-state index in [1.807, 2.05) is 0 Å². The first kappa shape index (κ1) is 21.6. The van der Waals surface area contributed by atoms with Crippen molar-refractivity contribution in [3.05, 3.63) is 96.9 Å². The van der Waals surface area contributed by atoms with Gasteiger partial charge in [0.2, 0.25) is 0 Å². The van der Waals surface area contributed by atoms with Crippen LogP contribution in [0.15, 0.2) is 64.6 Å². The van der Waals surface area contributed by atoms with Gasteiger partial charge in [0.15, 0.2) is 23.1 Å². The number of carbonyl (C=O) groups excluding carboxylic acids is 2. The van der Waals surface area contributed by atoms with Gasteiger partial charge in [0.05, 0.1) is 17.2 Å². The fourth-order valence-corrected chi connectivity index (χ4v) is 4.36. The molecule has 0 aromatic heterocycles. The van der Waals surface area contributed by atoms with E-state index < -0.39 is 0 Å². The molecule has 0 bridgehead atoms. The van der Waals surface area contributed by atoms with Gasteiger partial charge in [-0.3, -0.25) is 9.59 Å². The Morgan fingerprint density at radius 1 is 0.968 bits per heavy atom. The summed E-state index contributed by atoms with van der Waals surface area (Å²) in [5.74, 6) is 0.353. The number of ether oxygens (including phenoxy) is 2. The average Bonchev–Trinajstić information content (AvgIpc) is 2.99. The first-order chi connectivity index (χ1) is 14.9. The monoisotopic (exact) mass is 516 g/mol. The summed E-state index contributed by atoms with van der Waals surface area (Å²) in [6, 6.07) is 15.4. The van der Waals surface area contributed by atoms with E-state index in [9.17, 15) is 9.59 Å². The molecular weight excluding hydrogens is 503 g/mol. The summed E-state index contributed by atoms with van der Waals surface area (Å²) >= 11 is 15.6. The molecule has 4 nitrogen and oxygen atoms in total. The van der Waals surface area contributed by atoms with E-state index in [0.29, 0.717) is 42.7 Å². The molecule has 156 valence electrons. The summed E-state index contributed by atoms with van der Waals surface area (Å²) in [6.07, 6.45) is 1.57. The number of methoxy groups -OCH3 is 1. The zero-order valence-electron chi connectivity index (χ0n) is 16.2. The highest BCUT2D eigenvalue weighted by molar-refractivity contribution is 9.10. The van der Waals surface area contributed by atoms with Crippen molar-refractivity contribution in [2.24, 2.45) is 0 Å². The summed E-state index contributed by atoms with van der Waals surface area (Å²) in [6.45, 7) is 0.206. The van der Waals surface area contributed by atoms with E-state index >= 15 is 0 Å². The lowest BCUT2D eigenvalue weighted by Gasteiger charge is -2.14. The maximum Gasteiger partial charge on any atom is 0.197 e. The number of benzene rings is 3.